The highest BCUT2D eigenvalue weighted by Gasteiger charge is 2.10. The van der Waals surface area contributed by atoms with Crippen LogP contribution in [0.25, 0.3) is 0 Å². The maximum atomic E-state index is 6.32. The average molecular weight is 359 g/mol. The van der Waals surface area contributed by atoms with Gasteiger partial charge in [-0.2, -0.15) is 0 Å². The van der Waals surface area contributed by atoms with Gasteiger partial charge in [-0.1, -0.05) is 40.7 Å². The van der Waals surface area contributed by atoms with E-state index in [0.717, 1.165) is 32.5 Å². The highest BCUT2D eigenvalue weighted by atomic mass is 15.1. The molecule has 0 aliphatic rings. The molecule has 2 aromatic heterocycles. The summed E-state index contributed by atoms with van der Waals surface area (Å²) in [6, 6.07) is 6.50. The predicted octanol–water partition coefficient (Wildman–Crippen LogP) is 4.62. The van der Waals surface area contributed by atoms with Gasteiger partial charge in [0, 0.05) is 43.9 Å². The fourth-order valence-electron chi connectivity index (χ4n) is 2.58. The highest BCUT2D eigenvalue weighted by Crippen LogP contribution is 2.08. The Morgan fingerprint density at radius 3 is 2.23 bits per heavy atom. The van der Waals surface area contributed by atoms with Crippen LogP contribution in [0.2, 0.25) is 0 Å². The first-order chi connectivity index (χ1) is 12.7. The molecule has 2 N–H and O–H groups in total. The molecular formula is C22H38N4. The summed E-state index contributed by atoms with van der Waals surface area (Å²) >= 11 is 0. The van der Waals surface area contributed by atoms with Crippen molar-refractivity contribution in [2.24, 2.45) is 5.73 Å². The topological polar surface area (TPSA) is 55.0 Å². The van der Waals surface area contributed by atoms with Crippen LogP contribution in [0.1, 0.15) is 57.7 Å². The Balaban J connectivity index is 0.00000146. The second kappa shape index (κ2) is 15.5. The Kier molecular flexibility index (Phi) is 14.4. The monoisotopic (exact) mass is 358 g/mol. The van der Waals surface area contributed by atoms with Gasteiger partial charge in [-0.05, 0) is 55.1 Å². The Hall–Kier alpha value is -1.78. The van der Waals surface area contributed by atoms with E-state index in [1.807, 2.05) is 52.5 Å². The Morgan fingerprint density at radius 2 is 1.65 bits per heavy atom. The molecule has 0 aliphatic carbocycles. The van der Waals surface area contributed by atoms with Crippen molar-refractivity contribution >= 4 is 0 Å². The van der Waals surface area contributed by atoms with Gasteiger partial charge in [0.15, 0.2) is 0 Å². The molecule has 0 fully saturated rings. The minimum atomic E-state index is 0.183. The molecule has 0 amide bonds. The maximum absolute atomic E-state index is 6.32. The molecule has 1 atom stereocenters. The first-order valence-corrected chi connectivity index (χ1v) is 9.94. The van der Waals surface area contributed by atoms with E-state index in [4.69, 9.17) is 5.73 Å². The van der Waals surface area contributed by atoms with Crippen molar-refractivity contribution in [1.82, 2.24) is 14.9 Å². The zero-order valence-electron chi connectivity index (χ0n) is 17.6. The van der Waals surface area contributed by atoms with E-state index in [1.54, 1.807) is 0 Å². The molecule has 1 unspecified atom stereocenters. The van der Waals surface area contributed by atoms with Gasteiger partial charge in [-0.25, -0.2) is 0 Å². The number of hydrogen-bond donors (Lipinski definition) is 1. The predicted molar refractivity (Wildman–Crippen MR) is 113 cm³/mol. The lowest BCUT2D eigenvalue weighted by molar-refractivity contribution is 0.257. The largest absolute Gasteiger partial charge is 0.327 e. The minimum absolute atomic E-state index is 0.183. The van der Waals surface area contributed by atoms with Crippen molar-refractivity contribution in [1.29, 1.82) is 0 Å². The third-order valence-corrected chi connectivity index (χ3v) is 3.83. The SMILES string of the molecule is CC.CC.CCN(Cc1ccncc1)CC(N)CCc1cncc(C)c1. The zero-order chi connectivity index (χ0) is 19.8. The third kappa shape index (κ3) is 10.3. The molecule has 4 nitrogen and oxygen atoms in total. The average Bonchev–Trinajstić information content (AvgIpc) is 2.70. The standard InChI is InChI=1S/C18H26N4.2C2H6/c1-3-22(13-16-6-8-20-9-7-16)14-18(19)5-4-17-10-15(2)11-21-12-17;2*1-2/h6-12,18H,3-5,13-14,19H2,1-2H3;2*1-2H3. The zero-order valence-corrected chi connectivity index (χ0v) is 17.6. The molecule has 2 aromatic rings. The van der Waals surface area contributed by atoms with Crippen molar-refractivity contribution in [2.45, 2.75) is 67.0 Å². The van der Waals surface area contributed by atoms with Crippen LogP contribution in [0, 0.1) is 6.92 Å². The number of nitrogens with zero attached hydrogens (tertiary/aromatic N) is 3. The van der Waals surface area contributed by atoms with Gasteiger partial charge in [-0.15, -0.1) is 0 Å². The van der Waals surface area contributed by atoms with Gasteiger partial charge in [0.2, 0.25) is 0 Å². The molecule has 2 heterocycles. The van der Waals surface area contributed by atoms with E-state index in [1.165, 1.54) is 16.7 Å². The number of hydrogen-bond acceptors (Lipinski definition) is 4. The number of rotatable bonds is 8. The van der Waals surface area contributed by atoms with Crippen LogP contribution in [-0.4, -0.2) is 34.0 Å². The Morgan fingerprint density at radius 1 is 1.00 bits per heavy atom. The lowest BCUT2D eigenvalue weighted by atomic mass is 10.1. The van der Waals surface area contributed by atoms with Crippen LogP contribution in [0.5, 0.6) is 0 Å². The molecule has 0 saturated heterocycles. The Bertz CT molecular complexity index is 557. The van der Waals surface area contributed by atoms with Crippen molar-refractivity contribution in [3.05, 3.63) is 59.7 Å². The van der Waals surface area contributed by atoms with Gasteiger partial charge >= 0.3 is 0 Å². The summed E-state index contributed by atoms with van der Waals surface area (Å²) < 4.78 is 0. The molecule has 0 aliphatic heterocycles. The summed E-state index contributed by atoms with van der Waals surface area (Å²) in [5, 5.41) is 0. The van der Waals surface area contributed by atoms with Crippen molar-refractivity contribution in [3.8, 4) is 0 Å². The van der Waals surface area contributed by atoms with Crippen LogP contribution < -0.4 is 5.73 Å². The van der Waals surface area contributed by atoms with E-state index >= 15 is 0 Å². The summed E-state index contributed by atoms with van der Waals surface area (Å²) in [6.45, 7) is 15.1. The van der Waals surface area contributed by atoms with E-state index in [0.29, 0.717) is 0 Å². The van der Waals surface area contributed by atoms with Crippen LogP contribution >= 0.6 is 0 Å². The number of aromatic nitrogens is 2. The fourth-order valence-corrected chi connectivity index (χ4v) is 2.58. The summed E-state index contributed by atoms with van der Waals surface area (Å²) in [6.07, 6.45) is 9.48. The van der Waals surface area contributed by atoms with Gasteiger partial charge in [0.05, 0.1) is 0 Å². The smallest absolute Gasteiger partial charge is 0.0300 e. The van der Waals surface area contributed by atoms with E-state index in [9.17, 15) is 0 Å². The first-order valence-electron chi connectivity index (χ1n) is 9.94. The summed E-state index contributed by atoms with van der Waals surface area (Å²) in [5.74, 6) is 0. The van der Waals surface area contributed by atoms with E-state index in [-0.39, 0.29) is 6.04 Å². The van der Waals surface area contributed by atoms with Crippen LogP contribution in [0.4, 0.5) is 0 Å². The second-order valence-electron chi connectivity index (χ2n) is 5.85. The maximum Gasteiger partial charge on any atom is 0.0300 e. The second-order valence-corrected chi connectivity index (χ2v) is 5.85. The summed E-state index contributed by atoms with van der Waals surface area (Å²) in [7, 11) is 0. The van der Waals surface area contributed by atoms with Gasteiger partial charge < -0.3 is 5.73 Å². The normalized spacial score (nSPS) is 11.1. The van der Waals surface area contributed by atoms with Crippen LogP contribution in [0.15, 0.2) is 43.0 Å². The fraction of sp³-hybridized carbons (Fsp3) is 0.545. The quantitative estimate of drug-likeness (QED) is 0.748. The van der Waals surface area contributed by atoms with E-state index in [2.05, 4.69) is 46.9 Å². The number of likely N-dealkylation sites (N-methyl/N-ethyl adjacent to an activating group) is 1. The van der Waals surface area contributed by atoms with Crippen molar-refractivity contribution < 1.29 is 0 Å². The number of aryl methyl sites for hydroxylation is 2. The summed E-state index contributed by atoms with van der Waals surface area (Å²) in [4.78, 5) is 10.7. The third-order valence-electron chi connectivity index (χ3n) is 3.83. The molecule has 0 aromatic carbocycles. The lowest BCUT2D eigenvalue weighted by Crippen LogP contribution is -2.37. The summed E-state index contributed by atoms with van der Waals surface area (Å²) in [5.41, 5.74) is 10.1. The lowest BCUT2D eigenvalue weighted by Gasteiger charge is -2.24. The molecule has 0 saturated carbocycles. The van der Waals surface area contributed by atoms with Gasteiger partial charge in [0.25, 0.3) is 0 Å². The molecule has 0 radical (unpaired) electrons. The molecule has 4 heteroatoms. The molecular weight excluding hydrogens is 320 g/mol. The minimum Gasteiger partial charge on any atom is -0.327 e. The highest BCUT2D eigenvalue weighted by molar-refractivity contribution is 5.16. The molecule has 146 valence electrons. The van der Waals surface area contributed by atoms with E-state index < -0.39 is 0 Å². The molecule has 0 spiro atoms. The Labute approximate surface area is 160 Å². The van der Waals surface area contributed by atoms with Gasteiger partial charge in [0.1, 0.15) is 0 Å². The van der Waals surface area contributed by atoms with Crippen molar-refractivity contribution in [2.75, 3.05) is 13.1 Å². The van der Waals surface area contributed by atoms with Crippen molar-refractivity contribution in [3.63, 3.8) is 0 Å². The molecule has 2 rings (SSSR count). The number of pyridine rings is 2. The first kappa shape index (κ1) is 24.2. The number of nitrogens with two attached hydrogens (primary N) is 1. The van der Waals surface area contributed by atoms with Crippen LogP contribution in [0.3, 0.4) is 0 Å². The molecule has 0 bridgehead atoms. The van der Waals surface area contributed by atoms with Crippen LogP contribution in [-0.2, 0) is 13.0 Å². The van der Waals surface area contributed by atoms with Gasteiger partial charge in [-0.3, -0.25) is 14.9 Å². The molecule has 26 heavy (non-hydrogen) atoms.